The van der Waals surface area contributed by atoms with Crippen molar-refractivity contribution in [3.63, 3.8) is 0 Å². The van der Waals surface area contributed by atoms with Crippen LogP contribution in [-0.4, -0.2) is 24.6 Å². The van der Waals surface area contributed by atoms with Gasteiger partial charge in [0.25, 0.3) is 5.56 Å². The molecular weight excluding hydrogens is 519 g/mol. The van der Waals surface area contributed by atoms with E-state index in [1.165, 1.54) is 28.8 Å². The zero-order valence-corrected chi connectivity index (χ0v) is 24.1. The quantitative estimate of drug-likeness (QED) is 0.285. The number of phenolic OH excluding ortho intramolecular Hbond substituents is 1. The van der Waals surface area contributed by atoms with Crippen LogP contribution in [0, 0.1) is 0 Å². The predicted octanol–water partition coefficient (Wildman–Crippen LogP) is 8.32. The third-order valence-corrected chi connectivity index (χ3v) is 13.8. The summed E-state index contributed by atoms with van der Waals surface area (Å²) in [7, 11) is -0.704. The first-order chi connectivity index (χ1) is 17.1. The fourth-order valence-corrected chi connectivity index (χ4v) is 11.5. The van der Waals surface area contributed by atoms with Gasteiger partial charge in [-0.3, -0.25) is 4.79 Å². The van der Waals surface area contributed by atoms with Gasteiger partial charge in [-0.1, -0.05) is 53.1 Å². The summed E-state index contributed by atoms with van der Waals surface area (Å²) in [5.74, 6) is -0.172. The number of phenols is 1. The second-order valence-corrected chi connectivity index (χ2v) is 16.4. The minimum atomic E-state index is -4.57. The van der Waals surface area contributed by atoms with Gasteiger partial charge in [0, 0.05) is 47.2 Å². The topological polar surface area (TPSA) is 51.5 Å². The van der Waals surface area contributed by atoms with Gasteiger partial charge in [0.05, 0.1) is 11.1 Å². The summed E-state index contributed by atoms with van der Waals surface area (Å²) in [4.78, 5) is 13.6. The van der Waals surface area contributed by atoms with Crippen LogP contribution < -0.4 is 5.56 Å². The number of aromatic nitrogens is 1. The second kappa shape index (κ2) is 10.8. The van der Waals surface area contributed by atoms with Gasteiger partial charge in [0.15, 0.2) is 8.32 Å². The Labute approximate surface area is 222 Å². The lowest BCUT2D eigenvalue weighted by molar-refractivity contribution is -0.137. The van der Waals surface area contributed by atoms with Crippen LogP contribution in [0.3, 0.4) is 0 Å². The molecule has 0 saturated heterocycles. The second-order valence-electron chi connectivity index (χ2n) is 10.5. The number of nitrogens with zero attached hydrogens (tertiary/aromatic N) is 1. The van der Waals surface area contributed by atoms with Gasteiger partial charge in [-0.15, -0.1) is 0 Å². The molecule has 202 valence electrons. The lowest BCUT2D eigenvalue weighted by atomic mass is 9.93. The van der Waals surface area contributed by atoms with E-state index in [-0.39, 0.29) is 46.4 Å². The van der Waals surface area contributed by atoms with Gasteiger partial charge in [-0.2, -0.15) is 13.2 Å². The Bertz CT molecular complexity index is 1330. The monoisotopic (exact) mass is 553 g/mol. The van der Waals surface area contributed by atoms with Gasteiger partial charge >= 0.3 is 6.18 Å². The van der Waals surface area contributed by atoms with E-state index >= 15 is 0 Å². The van der Waals surface area contributed by atoms with Crippen molar-refractivity contribution in [2.45, 2.75) is 70.8 Å². The maximum absolute atomic E-state index is 13.7. The molecule has 0 aliphatic heterocycles. The molecule has 0 aliphatic rings. The van der Waals surface area contributed by atoms with Crippen LogP contribution in [0.25, 0.3) is 22.0 Å². The third kappa shape index (κ3) is 5.47. The van der Waals surface area contributed by atoms with Crippen molar-refractivity contribution in [2.24, 2.45) is 7.05 Å². The van der Waals surface area contributed by atoms with Crippen molar-refractivity contribution in [1.29, 1.82) is 0 Å². The highest BCUT2D eigenvalue weighted by Crippen LogP contribution is 2.43. The van der Waals surface area contributed by atoms with E-state index in [1.807, 2.05) is 0 Å². The molecule has 2 aromatic carbocycles. The lowest BCUT2D eigenvalue weighted by Crippen LogP contribution is -2.48. The molecule has 0 aliphatic carbocycles. The highest BCUT2D eigenvalue weighted by molar-refractivity contribution is 6.77. The molecule has 0 bridgehead atoms. The molecule has 3 rings (SSSR count). The van der Waals surface area contributed by atoms with Crippen LogP contribution >= 0.6 is 11.6 Å². The SMILES string of the molecule is CC(C)[Si](OCCc1c(-c2cc(Cl)ccc2O)c2cc(C(F)(F)F)ccc2n(C)c1=O)(C(C)C)C(C)C. The number of hydrogen-bond acceptors (Lipinski definition) is 3. The van der Waals surface area contributed by atoms with Crippen molar-refractivity contribution in [3.8, 4) is 16.9 Å². The van der Waals surface area contributed by atoms with E-state index in [0.29, 0.717) is 27.2 Å². The molecule has 0 unspecified atom stereocenters. The van der Waals surface area contributed by atoms with Crippen LogP contribution in [0.15, 0.2) is 41.2 Å². The molecular formula is C28H35ClF3NO3Si. The molecule has 0 atom stereocenters. The number of hydrogen-bond donors (Lipinski definition) is 1. The highest BCUT2D eigenvalue weighted by atomic mass is 35.5. The summed E-state index contributed by atoms with van der Waals surface area (Å²) >= 11 is 6.22. The number of alkyl halides is 3. The van der Waals surface area contributed by atoms with Gasteiger partial charge < -0.3 is 14.1 Å². The highest BCUT2D eigenvalue weighted by Gasteiger charge is 2.45. The standard InChI is InChI=1S/C28H35ClF3NO3Si/c1-16(2)37(17(3)4,18(5)6)36-13-12-21-26(23-15-20(29)9-11-25(23)34)22-14-19(28(30,31)32)8-10-24(22)33(7)27(21)35/h8-11,14-18,34H,12-13H2,1-7H3. The van der Waals surface area contributed by atoms with Crippen LogP contribution in [0.2, 0.25) is 21.6 Å². The fraction of sp³-hybridized carbons (Fsp3) is 0.464. The van der Waals surface area contributed by atoms with Gasteiger partial charge in [-0.05, 0) is 53.0 Å². The molecule has 0 fully saturated rings. The Kier molecular flexibility index (Phi) is 8.56. The van der Waals surface area contributed by atoms with E-state index in [0.717, 1.165) is 12.1 Å². The molecule has 4 nitrogen and oxygen atoms in total. The first-order valence-corrected chi connectivity index (χ1v) is 15.0. The predicted molar refractivity (Wildman–Crippen MR) is 147 cm³/mol. The Hall–Kier alpha value is -2.29. The summed E-state index contributed by atoms with van der Waals surface area (Å²) in [6.45, 7) is 13.2. The Morgan fingerprint density at radius 2 is 1.59 bits per heavy atom. The molecule has 0 spiro atoms. The normalized spacial score (nSPS) is 12.9. The maximum Gasteiger partial charge on any atom is 0.416 e. The number of aromatic hydroxyl groups is 1. The molecule has 1 N–H and O–H groups in total. The van der Waals surface area contributed by atoms with Crippen molar-refractivity contribution < 1.29 is 22.7 Å². The fourth-order valence-electron chi connectivity index (χ4n) is 5.86. The first-order valence-electron chi connectivity index (χ1n) is 12.5. The molecule has 37 heavy (non-hydrogen) atoms. The molecule has 0 saturated carbocycles. The molecule has 0 amide bonds. The van der Waals surface area contributed by atoms with E-state index in [9.17, 15) is 23.1 Å². The summed E-state index contributed by atoms with van der Waals surface area (Å²) < 4.78 is 49.1. The molecule has 1 aromatic heterocycles. The van der Waals surface area contributed by atoms with Crippen LogP contribution in [0.5, 0.6) is 5.75 Å². The zero-order valence-electron chi connectivity index (χ0n) is 22.3. The third-order valence-electron chi connectivity index (χ3n) is 7.46. The largest absolute Gasteiger partial charge is 0.507 e. The van der Waals surface area contributed by atoms with Crippen LogP contribution in [0.4, 0.5) is 13.2 Å². The lowest BCUT2D eigenvalue weighted by Gasteiger charge is -2.42. The van der Waals surface area contributed by atoms with Crippen molar-refractivity contribution in [2.75, 3.05) is 6.61 Å². The van der Waals surface area contributed by atoms with Crippen LogP contribution in [0.1, 0.15) is 52.7 Å². The number of aryl methyl sites for hydroxylation is 1. The Morgan fingerprint density at radius 3 is 2.14 bits per heavy atom. The minimum Gasteiger partial charge on any atom is -0.507 e. The van der Waals surface area contributed by atoms with Gasteiger partial charge in [0.1, 0.15) is 5.75 Å². The maximum atomic E-state index is 13.7. The van der Waals surface area contributed by atoms with E-state index < -0.39 is 20.1 Å². The van der Waals surface area contributed by atoms with Crippen molar-refractivity contribution in [3.05, 3.63) is 62.9 Å². The minimum absolute atomic E-state index is 0.172. The van der Waals surface area contributed by atoms with Crippen molar-refractivity contribution >= 4 is 30.8 Å². The Morgan fingerprint density at radius 1 is 1.00 bits per heavy atom. The zero-order chi connectivity index (χ0) is 27.9. The smallest absolute Gasteiger partial charge is 0.416 e. The summed E-state index contributed by atoms with van der Waals surface area (Å²) in [6, 6.07) is 7.62. The summed E-state index contributed by atoms with van der Waals surface area (Å²) in [5.41, 5.74) is 0.875. The number of pyridine rings is 1. The van der Waals surface area contributed by atoms with E-state index in [1.54, 1.807) is 7.05 Å². The molecule has 3 aromatic rings. The summed E-state index contributed by atoms with van der Waals surface area (Å²) in [5, 5.41) is 11.2. The number of benzene rings is 2. The van der Waals surface area contributed by atoms with Gasteiger partial charge in [-0.25, -0.2) is 0 Å². The average molecular weight is 554 g/mol. The van der Waals surface area contributed by atoms with Gasteiger partial charge in [0.2, 0.25) is 0 Å². The van der Waals surface area contributed by atoms with E-state index in [2.05, 4.69) is 41.5 Å². The molecule has 1 heterocycles. The number of halogens is 4. The molecule has 9 heteroatoms. The number of fused-ring (bicyclic) bond motifs is 1. The Balaban J connectivity index is 2.28. The first kappa shape index (κ1) is 29.3. The van der Waals surface area contributed by atoms with Crippen LogP contribution in [-0.2, 0) is 24.1 Å². The average Bonchev–Trinajstić information content (AvgIpc) is 2.80. The summed E-state index contributed by atoms with van der Waals surface area (Å²) in [6.07, 6.45) is -4.39. The molecule has 0 radical (unpaired) electrons. The number of rotatable bonds is 8. The van der Waals surface area contributed by atoms with Crippen molar-refractivity contribution in [1.82, 2.24) is 4.57 Å². The van der Waals surface area contributed by atoms with E-state index in [4.69, 9.17) is 16.0 Å².